The van der Waals surface area contributed by atoms with E-state index in [1.165, 1.54) is 7.11 Å². The highest BCUT2D eigenvalue weighted by Crippen LogP contribution is 2.16. The van der Waals surface area contributed by atoms with Crippen LogP contribution < -0.4 is 5.32 Å². The molecule has 1 amide bonds. The standard InChI is InChI=1S/C17H23NO5/c1-3-4-5-12(16(20)21)8-11-15(19)18-14-9-6-13(7-10-14)17(22)23-2/h6-7,9-10,12H,3-5,8,11H2,1-2H3,(H,18,19)(H,20,21)/t12-/m0/s1. The number of carbonyl (C=O) groups is 3. The molecule has 0 spiro atoms. The fraction of sp³-hybridized carbons (Fsp3) is 0.471. The number of unbranched alkanes of at least 4 members (excludes halogenated alkanes) is 1. The Kier molecular flexibility index (Phi) is 7.80. The first-order chi connectivity index (χ1) is 11.0. The average Bonchev–Trinajstić information content (AvgIpc) is 2.54. The van der Waals surface area contributed by atoms with Gasteiger partial charge in [0.2, 0.25) is 5.91 Å². The van der Waals surface area contributed by atoms with E-state index >= 15 is 0 Å². The minimum Gasteiger partial charge on any atom is -0.481 e. The molecule has 126 valence electrons. The van der Waals surface area contributed by atoms with Crippen molar-refractivity contribution in [2.24, 2.45) is 5.92 Å². The molecule has 0 saturated heterocycles. The van der Waals surface area contributed by atoms with Crippen LogP contribution in [0.3, 0.4) is 0 Å². The number of hydrogen-bond donors (Lipinski definition) is 2. The predicted octanol–water partition coefficient (Wildman–Crippen LogP) is 3.08. The molecule has 1 rings (SSSR count). The second-order valence-electron chi connectivity index (χ2n) is 5.33. The molecule has 0 aliphatic rings. The van der Waals surface area contributed by atoms with Crippen LogP contribution in [0.15, 0.2) is 24.3 Å². The molecule has 6 heteroatoms. The van der Waals surface area contributed by atoms with Gasteiger partial charge < -0.3 is 15.2 Å². The minimum atomic E-state index is -0.853. The molecule has 1 aromatic carbocycles. The highest BCUT2D eigenvalue weighted by Gasteiger charge is 2.18. The smallest absolute Gasteiger partial charge is 0.337 e. The van der Waals surface area contributed by atoms with Crippen LogP contribution in [0.4, 0.5) is 5.69 Å². The molecule has 0 aliphatic carbocycles. The van der Waals surface area contributed by atoms with Crippen molar-refractivity contribution in [2.45, 2.75) is 39.0 Å². The van der Waals surface area contributed by atoms with Gasteiger partial charge in [0.15, 0.2) is 0 Å². The van der Waals surface area contributed by atoms with Crippen molar-refractivity contribution in [2.75, 3.05) is 12.4 Å². The Hall–Kier alpha value is -2.37. The van der Waals surface area contributed by atoms with Gasteiger partial charge in [-0.3, -0.25) is 9.59 Å². The quantitative estimate of drug-likeness (QED) is 0.682. The lowest BCUT2D eigenvalue weighted by atomic mass is 9.97. The molecule has 23 heavy (non-hydrogen) atoms. The van der Waals surface area contributed by atoms with Gasteiger partial charge in [0.25, 0.3) is 0 Å². The second kappa shape index (κ2) is 9.61. The van der Waals surface area contributed by atoms with Crippen molar-refractivity contribution >= 4 is 23.5 Å². The van der Waals surface area contributed by atoms with E-state index in [0.29, 0.717) is 24.1 Å². The van der Waals surface area contributed by atoms with Gasteiger partial charge in [0, 0.05) is 12.1 Å². The number of esters is 1. The molecule has 6 nitrogen and oxygen atoms in total. The van der Waals surface area contributed by atoms with Crippen molar-refractivity contribution in [3.63, 3.8) is 0 Å². The zero-order chi connectivity index (χ0) is 17.2. The van der Waals surface area contributed by atoms with E-state index in [9.17, 15) is 14.4 Å². The number of amides is 1. The topological polar surface area (TPSA) is 92.7 Å². The second-order valence-corrected chi connectivity index (χ2v) is 5.33. The van der Waals surface area contributed by atoms with Gasteiger partial charge in [-0.05, 0) is 37.1 Å². The summed E-state index contributed by atoms with van der Waals surface area (Å²) in [6.45, 7) is 2.00. The van der Waals surface area contributed by atoms with Gasteiger partial charge >= 0.3 is 11.9 Å². The molecular weight excluding hydrogens is 298 g/mol. The third-order valence-corrected chi connectivity index (χ3v) is 3.56. The lowest BCUT2D eigenvalue weighted by molar-refractivity contribution is -0.142. The molecule has 0 fully saturated rings. The number of carboxylic acids is 1. The first-order valence-corrected chi connectivity index (χ1v) is 7.69. The highest BCUT2D eigenvalue weighted by molar-refractivity contribution is 5.93. The van der Waals surface area contributed by atoms with E-state index in [4.69, 9.17) is 5.11 Å². The summed E-state index contributed by atoms with van der Waals surface area (Å²) in [6, 6.07) is 6.33. The third kappa shape index (κ3) is 6.50. The summed E-state index contributed by atoms with van der Waals surface area (Å²) in [6.07, 6.45) is 2.84. The lowest BCUT2D eigenvalue weighted by Gasteiger charge is -2.11. The van der Waals surface area contributed by atoms with Crippen LogP contribution in [-0.2, 0) is 14.3 Å². The Labute approximate surface area is 135 Å². The van der Waals surface area contributed by atoms with E-state index in [2.05, 4.69) is 10.1 Å². The third-order valence-electron chi connectivity index (χ3n) is 3.56. The molecule has 0 unspecified atom stereocenters. The van der Waals surface area contributed by atoms with Gasteiger partial charge in [-0.15, -0.1) is 0 Å². The Morgan fingerprint density at radius 2 is 1.83 bits per heavy atom. The SMILES string of the molecule is CCCC[C@@H](CCC(=O)Nc1ccc(C(=O)OC)cc1)C(=O)O. The summed E-state index contributed by atoms with van der Waals surface area (Å²) in [5.41, 5.74) is 0.957. The van der Waals surface area contributed by atoms with Crippen LogP contribution in [0.25, 0.3) is 0 Å². The van der Waals surface area contributed by atoms with E-state index in [-0.39, 0.29) is 12.3 Å². The number of nitrogens with one attached hydrogen (secondary N) is 1. The van der Waals surface area contributed by atoms with Crippen LogP contribution in [0, 0.1) is 5.92 Å². The highest BCUT2D eigenvalue weighted by atomic mass is 16.5. The first kappa shape index (κ1) is 18.7. The maximum atomic E-state index is 11.9. The van der Waals surface area contributed by atoms with E-state index in [0.717, 1.165) is 12.8 Å². The summed E-state index contributed by atoms with van der Waals surface area (Å²) in [4.78, 5) is 34.3. The number of carbonyl (C=O) groups excluding carboxylic acids is 2. The zero-order valence-electron chi connectivity index (χ0n) is 13.5. The molecule has 1 atom stereocenters. The summed E-state index contributed by atoms with van der Waals surface area (Å²) in [7, 11) is 1.30. The molecule has 1 aromatic rings. The van der Waals surface area contributed by atoms with Crippen LogP contribution in [0.1, 0.15) is 49.4 Å². The molecule has 0 aromatic heterocycles. The lowest BCUT2D eigenvalue weighted by Crippen LogP contribution is -2.18. The van der Waals surface area contributed by atoms with Crippen molar-refractivity contribution in [3.8, 4) is 0 Å². The fourth-order valence-electron chi connectivity index (χ4n) is 2.18. The Morgan fingerprint density at radius 1 is 1.17 bits per heavy atom. The number of carboxylic acid groups (broad SMARTS) is 1. The fourth-order valence-corrected chi connectivity index (χ4v) is 2.18. The number of ether oxygens (including phenoxy) is 1. The molecule has 0 radical (unpaired) electrons. The van der Waals surface area contributed by atoms with Crippen LogP contribution >= 0.6 is 0 Å². The zero-order valence-corrected chi connectivity index (χ0v) is 13.5. The van der Waals surface area contributed by atoms with Crippen molar-refractivity contribution in [1.82, 2.24) is 0 Å². The number of methoxy groups -OCH3 is 1. The van der Waals surface area contributed by atoms with Crippen LogP contribution in [0.2, 0.25) is 0 Å². The van der Waals surface area contributed by atoms with Gasteiger partial charge in [-0.1, -0.05) is 19.8 Å². The molecule has 2 N–H and O–H groups in total. The van der Waals surface area contributed by atoms with E-state index in [1.807, 2.05) is 6.92 Å². The van der Waals surface area contributed by atoms with E-state index in [1.54, 1.807) is 24.3 Å². The molecular formula is C17H23NO5. The molecule has 0 bridgehead atoms. The van der Waals surface area contributed by atoms with Gasteiger partial charge in [-0.25, -0.2) is 4.79 Å². The maximum absolute atomic E-state index is 11.9. The molecule has 0 saturated carbocycles. The van der Waals surface area contributed by atoms with E-state index < -0.39 is 17.9 Å². The van der Waals surface area contributed by atoms with Gasteiger partial charge in [0.1, 0.15) is 0 Å². The largest absolute Gasteiger partial charge is 0.481 e. The molecule has 0 aliphatic heterocycles. The summed E-state index contributed by atoms with van der Waals surface area (Å²) >= 11 is 0. The summed E-state index contributed by atoms with van der Waals surface area (Å²) < 4.78 is 4.59. The van der Waals surface area contributed by atoms with Crippen molar-refractivity contribution < 1.29 is 24.2 Å². The maximum Gasteiger partial charge on any atom is 0.337 e. The Morgan fingerprint density at radius 3 is 2.35 bits per heavy atom. The Bertz CT molecular complexity index is 538. The Balaban J connectivity index is 2.49. The number of aliphatic carboxylic acids is 1. The van der Waals surface area contributed by atoms with Crippen molar-refractivity contribution in [3.05, 3.63) is 29.8 Å². The number of hydrogen-bond acceptors (Lipinski definition) is 4. The summed E-state index contributed by atoms with van der Waals surface area (Å²) in [5.74, 6) is -2.02. The first-order valence-electron chi connectivity index (χ1n) is 7.69. The van der Waals surface area contributed by atoms with Gasteiger partial charge in [0.05, 0.1) is 18.6 Å². The summed E-state index contributed by atoms with van der Waals surface area (Å²) in [5, 5.41) is 11.8. The van der Waals surface area contributed by atoms with Crippen LogP contribution in [0.5, 0.6) is 0 Å². The predicted molar refractivity (Wildman–Crippen MR) is 86.3 cm³/mol. The van der Waals surface area contributed by atoms with Gasteiger partial charge in [-0.2, -0.15) is 0 Å². The molecule has 0 heterocycles. The minimum absolute atomic E-state index is 0.152. The normalized spacial score (nSPS) is 11.6. The number of anilines is 1. The number of benzene rings is 1. The average molecular weight is 321 g/mol. The monoisotopic (exact) mass is 321 g/mol. The number of rotatable bonds is 9. The van der Waals surface area contributed by atoms with Crippen molar-refractivity contribution in [1.29, 1.82) is 0 Å². The van der Waals surface area contributed by atoms with Crippen LogP contribution in [-0.4, -0.2) is 30.1 Å².